The molecule has 0 amide bonds. The van der Waals surface area contributed by atoms with Crippen LogP contribution in [0.2, 0.25) is 5.02 Å². The Labute approximate surface area is 125 Å². The number of rotatable bonds is 6. The smallest absolute Gasteiger partial charge is 0.0821 e. The number of aliphatic hydroxyl groups excluding tert-OH is 1. The van der Waals surface area contributed by atoms with Gasteiger partial charge in [0.2, 0.25) is 0 Å². The summed E-state index contributed by atoms with van der Waals surface area (Å²) >= 11 is 6.11. The molecule has 0 heterocycles. The average molecular weight is 290 g/mol. The first-order valence-corrected chi connectivity index (χ1v) is 7.32. The van der Waals surface area contributed by atoms with Crippen molar-refractivity contribution in [3.8, 4) is 0 Å². The summed E-state index contributed by atoms with van der Waals surface area (Å²) in [6, 6.07) is 17.7. The lowest BCUT2D eigenvalue weighted by atomic mass is 10.1. The van der Waals surface area contributed by atoms with E-state index in [0.717, 1.165) is 18.7 Å². The van der Waals surface area contributed by atoms with Crippen LogP contribution in [0.15, 0.2) is 54.6 Å². The fourth-order valence-electron chi connectivity index (χ4n) is 2.29. The lowest BCUT2D eigenvalue weighted by molar-refractivity contribution is 0.169. The highest BCUT2D eigenvalue weighted by Crippen LogP contribution is 2.25. The Morgan fingerprint density at radius 1 is 1.05 bits per heavy atom. The standard InChI is InChI=1S/C17H20ClNO/c1-2-19(14-8-4-3-5-9-14)13-12-17(20)15-10-6-7-11-16(15)18/h3-11,17,20H,2,12-13H2,1H3. The van der Waals surface area contributed by atoms with Crippen LogP contribution in [0.5, 0.6) is 0 Å². The van der Waals surface area contributed by atoms with E-state index in [-0.39, 0.29) is 0 Å². The molecule has 0 fully saturated rings. The molecule has 2 nitrogen and oxygen atoms in total. The second kappa shape index (κ2) is 7.32. The van der Waals surface area contributed by atoms with Gasteiger partial charge in [0.15, 0.2) is 0 Å². The van der Waals surface area contributed by atoms with Gasteiger partial charge in [0.05, 0.1) is 6.10 Å². The van der Waals surface area contributed by atoms with Crippen molar-refractivity contribution >= 4 is 17.3 Å². The quantitative estimate of drug-likeness (QED) is 0.857. The molecule has 0 saturated heterocycles. The first kappa shape index (κ1) is 14.9. The maximum atomic E-state index is 10.3. The fourth-order valence-corrected chi connectivity index (χ4v) is 2.55. The van der Waals surface area contributed by atoms with Crippen molar-refractivity contribution < 1.29 is 5.11 Å². The topological polar surface area (TPSA) is 23.5 Å². The third-order valence-corrected chi connectivity index (χ3v) is 3.78. The SMILES string of the molecule is CCN(CCC(O)c1ccccc1Cl)c1ccccc1. The van der Waals surface area contributed by atoms with E-state index in [4.69, 9.17) is 11.6 Å². The lowest BCUT2D eigenvalue weighted by Crippen LogP contribution is -2.25. The van der Waals surface area contributed by atoms with Crippen LogP contribution in [0.1, 0.15) is 25.0 Å². The number of halogens is 1. The summed E-state index contributed by atoms with van der Waals surface area (Å²) in [6.45, 7) is 3.83. The van der Waals surface area contributed by atoms with Crippen LogP contribution >= 0.6 is 11.6 Å². The van der Waals surface area contributed by atoms with E-state index >= 15 is 0 Å². The molecule has 106 valence electrons. The predicted molar refractivity (Wildman–Crippen MR) is 85.4 cm³/mol. The summed E-state index contributed by atoms with van der Waals surface area (Å²) in [5, 5.41) is 10.9. The highest BCUT2D eigenvalue weighted by atomic mass is 35.5. The second-order valence-electron chi connectivity index (χ2n) is 4.74. The van der Waals surface area contributed by atoms with Crippen LogP contribution in [-0.2, 0) is 0 Å². The zero-order valence-electron chi connectivity index (χ0n) is 11.7. The third kappa shape index (κ3) is 3.75. The van der Waals surface area contributed by atoms with E-state index in [1.165, 1.54) is 5.69 Å². The number of para-hydroxylation sites is 1. The first-order chi connectivity index (χ1) is 9.72. The van der Waals surface area contributed by atoms with E-state index in [1.807, 2.05) is 42.5 Å². The molecule has 1 unspecified atom stereocenters. The fraction of sp³-hybridized carbons (Fsp3) is 0.294. The summed E-state index contributed by atoms with van der Waals surface area (Å²) in [7, 11) is 0. The minimum atomic E-state index is -0.526. The molecule has 0 aliphatic heterocycles. The minimum Gasteiger partial charge on any atom is -0.388 e. The normalized spacial score (nSPS) is 12.2. The predicted octanol–water partition coefficient (Wildman–Crippen LogP) is 4.29. The molecule has 2 aromatic rings. The van der Waals surface area contributed by atoms with Crippen molar-refractivity contribution in [1.29, 1.82) is 0 Å². The van der Waals surface area contributed by atoms with Gasteiger partial charge in [0.1, 0.15) is 0 Å². The Kier molecular flexibility index (Phi) is 5.45. The molecule has 0 bridgehead atoms. The van der Waals surface area contributed by atoms with E-state index in [0.29, 0.717) is 11.4 Å². The van der Waals surface area contributed by atoms with Gasteiger partial charge in [0.25, 0.3) is 0 Å². The molecule has 2 aromatic carbocycles. The Bertz CT molecular complexity index is 530. The number of hydrogen-bond donors (Lipinski definition) is 1. The van der Waals surface area contributed by atoms with Gasteiger partial charge in [-0.15, -0.1) is 0 Å². The van der Waals surface area contributed by atoms with Gasteiger partial charge >= 0.3 is 0 Å². The van der Waals surface area contributed by atoms with Gasteiger partial charge in [-0.3, -0.25) is 0 Å². The molecule has 0 aromatic heterocycles. The van der Waals surface area contributed by atoms with Crippen molar-refractivity contribution in [2.75, 3.05) is 18.0 Å². The number of nitrogens with zero attached hydrogens (tertiary/aromatic N) is 1. The van der Waals surface area contributed by atoms with E-state index in [9.17, 15) is 5.11 Å². The van der Waals surface area contributed by atoms with E-state index < -0.39 is 6.10 Å². The molecule has 0 spiro atoms. The molecule has 1 atom stereocenters. The van der Waals surface area contributed by atoms with Gasteiger partial charge in [-0.25, -0.2) is 0 Å². The van der Waals surface area contributed by atoms with Crippen molar-refractivity contribution in [3.63, 3.8) is 0 Å². The zero-order valence-corrected chi connectivity index (χ0v) is 12.4. The summed E-state index contributed by atoms with van der Waals surface area (Å²) in [5.74, 6) is 0. The largest absolute Gasteiger partial charge is 0.388 e. The maximum Gasteiger partial charge on any atom is 0.0821 e. The van der Waals surface area contributed by atoms with Gasteiger partial charge in [-0.1, -0.05) is 48.0 Å². The number of hydrogen-bond acceptors (Lipinski definition) is 2. The molecular formula is C17H20ClNO. The molecular weight excluding hydrogens is 270 g/mol. The summed E-state index contributed by atoms with van der Waals surface area (Å²) in [5.41, 5.74) is 1.99. The van der Waals surface area contributed by atoms with Crippen LogP contribution < -0.4 is 4.90 Å². The number of anilines is 1. The summed E-state index contributed by atoms with van der Waals surface area (Å²) in [4.78, 5) is 2.25. The molecule has 0 aliphatic carbocycles. The number of benzene rings is 2. The van der Waals surface area contributed by atoms with Crippen molar-refractivity contribution in [2.45, 2.75) is 19.4 Å². The Balaban J connectivity index is 1.99. The number of aliphatic hydroxyl groups is 1. The Hall–Kier alpha value is -1.51. The van der Waals surface area contributed by atoms with Gasteiger partial charge in [-0.05, 0) is 37.1 Å². The Morgan fingerprint density at radius 3 is 2.35 bits per heavy atom. The minimum absolute atomic E-state index is 0.526. The van der Waals surface area contributed by atoms with Crippen LogP contribution in [0.25, 0.3) is 0 Å². The van der Waals surface area contributed by atoms with E-state index in [1.54, 1.807) is 0 Å². The highest BCUT2D eigenvalue weighted by molar-refractivity contribution is 6.31. The Morgan fingerprint density at radius 2 is 1.70 bits per heavy atom. The van der Waals surface area contributed by atoms with Crippen LogP contribution in [0.4, 0.5) is 5.69 Å². The summed E-state index contributed by atoms with van der Waals surface area (Å²) < 4.78 is 0. The van der Waals surface area contributed by atoms with Crippen molar-refractivity contribution in [2.24, 2.45) is 0 Å². The molecule has 0 saturated carbocycles. The van der Waals surface area contributed by atoms with Crippen LogP contribution in [0.3, 0.4) is 0 Å². The average Bonchev–Trinajstić information content (AvgIpc) is 2.49. The van der Waals surface area contributed by atoms with Gasteiger partial charge in [0, 0.05) is 23.8 Å². The molecule has 0 aliphatic rings. The molecule has 20 heavy (non-hydrogen) atoms. The second-order valence-corrected chi connectivity index (χ2v) is 5.15. The monoisotopic (exact) mass is 289 g/mol. The maximum absolute atomic E-state index is 10.3. The van der Waals surface area contributed by atoms with Gasteiger partial charge in [-0.2, -0.15) is 0 Å². The van der Waals surface area contributed by atoms with Crippen LogP contribution in [-0.4, -0.2) is 18.2 Å². The molecule has 0 radical (unpaired) electrons. The van der Waals surface area contributed by atoms with E-state index in [2.05, 4.69) is 24.0 Å². The third-order valence-electron chi connectivity index (χ3n) is 3.44. The molecule has 1 N–H and O–H groups in total. The van der Waals surface area contributed by atoms with Crippen LogP contribution in [0, 0.1) is 0 Å². The first-order valence-electron chi connectivity index (χ1n) is 6.95. The zero-order chi connectivity index (χ0) is 14.4. The highest BCUT2D eigenvalue weighted by Gasteiger charge is 2.13. The molecule has 3 heteroatoms. The van der Waals surface area contributed by atoms with Crippen molar-refractivity contribution in [3.05, 3.63) is 65.2 Å². The van der Waals surface area contributed by atoms with Crippen molar-refractivity contribution in [1.82, 2.24) is 0 Å². The lowest BCUT2D eigenvalue weighted by Gasteiger charge is -2.24. The molecule has 2 rings (SSSR count). The summed E-state index contributed by atoms with van der Waals surface area (Å²) in [6.07, 6.45) is 0.133. The van der Waals surface area contributed by atoms with Gasteiger partial charge < -0.3 is 10.0 Å².